The Bertz CT molecular complexity index is 913. The van der Waals surface area contributed by atoms with Gasteiger partial charge in [0.25, 0.3) is 0 Å². The molecule has 1 N–H and O–H groups in total. The molecule has 4 rings (SSSR count). The minimum atomic E-state index is -0.102. The number of ether oxygens (including phenoxy) is 2. The molecule has 0 aliphatic carbocycles. The third-order valence-electron chi connectivity index (χ3n) is 3.99. The van der Waals surface area contributed by atoms with E-state index in [0.29, 0.717) is 30.4 Å². The molecule has 1 aliphatic heterocycles. The van der Waals surface area contributed by atoms with E-state index in [1.807, 2.05) is 31.2 Å². The monoisotopic (exact) mass is 323 g/mol. The van der Waals surface area contributed by atoms with E-state index >= 15 is 0 Å². The van der Waals surface area contributed by atoms with E-state index in [4.69, 9.17) is 13.9 Å². The molecular weight excluding hydrogens is 306 g/mol. The summed E-state index contributed by atoms with van der Waals surface area (Å²) in [5, 5.41) is 3.86. The summed E-state index contributed by atoms with van der Waals surface area (Å²) in [6.45, 7) is 3.08. The van der Waals surface area contributed by atoms with Crippen LogP contribution in [-0.4, -0.2) is 19.1 Å². The van der Waals surface area contributed by atoms with Gasteiger partial charge in [0.1, 0.15) is 18.8 Å². The van der Waals surface area contributed by atoms with Crippen LogP contribution in [0.2, 0.25) is 0 Å². The van der Waals surface area contributed by atoms with Crippen LogP contribution >= 0.6 is 0 Å². The van der Waals surface area contributed by atoms with Crippen LogP contribution < -0.4 is 14.8 Å². The molecule has 0 fully saturated rings. The Balaban J connectivity index is 1.50. The Kier molecular flexibility index (Phi) is 3.61. The van der Waals surface area contributed by atoms with Crippen LogP contribution in [0.5, 0.6) is 11.5 Å². The highest BCUT2D eigenvalue weighted by Gasteiger charge is 2.14. The standard InChI is InChI=1S/C19H17NO4/c1-12-2-4-15-13(11-24-17(15)8-12)9-19(21)20-14-3-5-16-18(10-14)23-7-6-22-16/h2-5,8,10-11H,6-7,9H2,1H3,(H,20,21). The Labute approximate surface area is 139 Å². The van der Waals surface area contributed by atoms with Gasteiger partial charge in [0.05, 0.1) is 12.7 Å². The molecule has 1 amide bonds. The van der Waals surface area contributed by atoms with Crippen molar-refractivity contribution in [2.24, 2.45) is 0 Å². The molecular formula is C19H17NO4. The first-order chi connectivity index (χ1) is 11.7. The van der Waals surface area contributed by atoms with E-state index in [9.17, 15) is 4.79 Å². The number of carbonyl (C=O) groups excluding carboxylic acids is 1. The summed E-state index contributed by atoms with van der Waals surface area (Å²) in [5.41, 5.74) is 3.49. The molecule has 0 radical (unpaired) electrons. The van der Waals surface area contributed by atoms with Crippen molar-refractivity contribution < 1.29 is 18.7 Å². The molecule has 0 spiro atoms. The molecule has 122 valence electrons. The van der Waals surface area contributed by atoms with E-state index < -0.39 is 0 Å². The van der Waals surface area contributed by atoms with Gasteiger partial charge in [0.2, 0.25) is 5.91 Å². The molecule has 1 aromatic heterocycles. The van der Waals surface area contributed by atoms with Crippen LogP contribution in [0.25, 0.3) is 11.0 Å². The Morgan fingerprint density at radius 3 is 2.79 bits per heavy atom. The number of carbonyl (C=O) groups is 1. The molecule has 0 saturated heterocycles. The van der Waals surface area contributed by atoms with Gasteiger partial charge in [-0.2, -0.15) is 0 Å². The third kappa shape index (κ3) is 2.80. The molecule has 5 nitrogen and oxygen atoms in total. The number of furan rings is 1. The summed E-state index contributed by atoms with van der Waals surface area (Å²) in [4.78, 5) is 12.3. The summed E-state index contributed by atoms with van der Waals surface area (Å²) in [7, 11) is 0. The molecule has 0 bridgehead atoms. The number of aryl methyl sites for hydroxylation is 1. The second kappa shape index (κ2) is 5.92. The number of rotatable bonds is 3. The van der Waals surface area contributed by atoms with Crippen molar-refractivity contribution in [3.63, 3.8) is 0 Å². The zero-order valence-electron chi connectivity index (χ0n) is 13.3. The first-order valence-electron chi connectivity index (χ1n) is 7.85. The van der Waals surface area contributed by atoms with Crippen molar-refractivity contribution in [1.29, 1.82) is 0 Å². The number of amides is 1. The van der Waals surface area contributed by atoms with Gasteiger partial charge >= 0.3 is 0 Å². The van der Waals surface area contributed by atoms with Crippen LogP contribution in [0.4, 0.5) is 5.69 Å². The fraction of sp³-hybridized carbons (Fsp3) is 0.211. The summed E-state index contributed by atoms with van der Waals surface area (Å²) in [5.74, 6) is 1.26. The molecule has 2 heterocycles. The Morgan fingerprint density at radius 1 is 1.08 bits per heavy atom. The fourth-order valence-corrected chi connectivity index (χ4v) is 2.83. The smallest absolute Gasteiger partial charge is 0.228 e. The van der Waals surface area contributed by atoms with Crippen molar-refractivity contribution >= 4 is 22.6 Å². The van der Waals surface area contributed by atoms with E-state index in [0.717, 1.165) is 22.1 Å². The van der Waals surface area contributed by atoms with Gasteiger partial charge in [-0.1, -0.05) is 12.1 Å². The summed E-state index contributed by atoms with van der Waals surface area (Å²) in [6, 6.07) is 11.4. The lowest BCUT2D eigenvalue weighted by molar-refractivity contribution is -0.115. The van der Waals surface area contributed by atoms with E-state index in [2.05, 4.69) is 5.32 Å². The van der Waals surface area contributed by atoms with Crippen LogP contribution in [0, 0.1) is 6.92 Å². The number of anilines is 1. The van der Waals surface area contributed by atoms with Crippen LogP contribution in [-0.2, 0) is 11.2 Å². The average molecular weight is 323 g/mol. The predicted molar refractivity (Wildman–Crippen MR) is 90.7 cm³/mol. The number of benzene rings is 2. The largest absolute Gasteiger partial charge is 0.486 e. The highest BCUT2D eigenvalue weighted by molar-refractivity contribution is 5.95. The normalized spacial score (nSPS) is 13.0. The maximum Gasteiger partial charge on any atom is 0.228 e. The second-order valence-corrected chi connectivity index (χ2v) is 5.84. The van der Waals surface area contributed by atoms with Gasteiger partial charge in [-0.15, -0.1) is 0 Å². The van der Waals surface area contributed by atoms with Crippen molar-refractivity contribution in [3.05, 3.63) is 53.8 Å². The zero-order valence-corrected chi connectivity index (χ0v) is 13.3. The molecule has 0 unspecified atom stereocenters. The van der Waals surface area contributed by atoms with Crippen molar-refractivity contribution in [1.82, 2.24) is 0 Å². The summed E-state index contributed by atoms with van der Waals surface area (Å²) in [6.07, 6.45) is 1.90. The number of fused-ring (bicyclic) bond motifs is 2. The molecule has 0 atom stereocenters. The second-order valence-electron chi connectivity index (χ2n) is 5.84. The highest BCUT2D eigenvalue weighted by Crippen LogP contribution is 2.32. The molecule has 24 heavy (non-hydrogen) atoms. The van der Waals surface area contributed by atoms with Crippen molar-refractivity contribution in [3.8, 4) is 11.5 Å². The van der Waals surface area contributed by atoms with E-state index in [1.165, 1.54) is 0 Å². The fourth-order valence-electron chi connectivity index (χ4n) is 2.83. The van der Waals surface area contributed by atoms with E-state index in [-0.39, 0.29) is 12.3 Å². The van der Waals surface area contributed by atoms with Gasteiger partial charge < -0.3 is 19.2 Å². The van der Waals surface area contributed by atoms with Gasteiger partial charge in [0.15, 0.2) is 11.5 Å². The summed E-state index contributed by atoms with van der Waals surface area (Å²) >= 11 is 0. The lowest BCUT2D eigenvalue weighted by Gasteiger charge is -2.19. The minimum absolute atomic E-state index is 0.102. The highest BCUT2D eigenvalue weighted by atomic mass is 16.6. The predicted octanol–water partition coefficient (Wildman–Crippen LogP) is 3.69. The van der Waals surface area contributed by atoms with Crippen molar-refractivity contribution in [2.75, 3.05) is 18.5 Å². The lowest BCUT2D eigenvalue weighted by atomic mass is 10.1. The molecule has 3 aromatic rings. The topological polar surface area (TPSA) is 60.7 Å². The average Bonchev–Trinajstić information content (AvgIpc) is 2.96. The maximum atomic E-state index is 12.3. The summed E-state index contributed by atoms with van der Waals surface area (Å²) < 4.78 is 16.5. The van der Waals surface area contributed by atoms with Gasteiger partial charge in [0, 0.05) is 22.7 Å². The minimum Gasteiger partial charge on any atom is -0.486 e. The zero-order chi connectivity index (χ0) is 16.5. The lowest BCUT2D eigenvalue weighted by Crippen LogP contribution is -2.17. The number of nitrogens with one attached hydrogen (secondary N) is 1. The molecule has 1 aliphatic rings. The maximum absolute atomic E-state index is 12.3. The Hall–Kier alpha value is -2.95. The van der Waals surface area contributed by atoms with Crippen LogP contribution in [0.3, 0.4) is 0 Å². The quantitative estimate of drug-likeness (QED) is 0.798. The first-order valence-corrected chi connectivity index (χ1v) is 7.85. The van der Waals surface area contributed by atoms with Crippen LogP contribution in [0.1, 0.15) is 11.1 Å². The number of hydrogen-bond donors (Lipinski definition) is 1. The van der Waals surface area contributed by atoms with E-state index in [1.54, 1.807) is 18.4 Å². The van der Waals surface area contributed by atoms with Crippen LogP contribution in [0.15, 0.2) is 47.1 Å². The van der Waals surface area contributed by atoms with Gasteiger partial charge in [-0.3, -0.25) is 4.79 Å². The van der Waals surface area contributed by atoms with Crippen molar-refractivity contribution in [2.45, 2.75) is 13.3 Å². The Morgan fingerprint density at radius 2 is 1.92 bits per heavy atom. The van der Waals surface area contributed by atoms with Gasteiger partial charge in [-0.05, 0) is 30.7 Å². The molecule has 0 saturated carbocycles. The molecule has 5 heteroatoms. The molecule has 2 aromatic carbocycles. The van der Waals surface area contributed by atoms with Gasteiger partial charge in [-0.25, -0.2) is 0 Å². The SMILES string of the molecule is Cc1ccc2c(CC(=O)Nc3ccc4c(c3)OCCO4)coc2c1. The number of hydrogen-bond acceptors (Lipinski definition) is 4. The first kappa shape index (κ1) is 14.6. The third-order valence-corrected chi connectivity index (χ3v) is 3.99.